The number of esters is 3. The van der Waals surface area contributed by atoms with Gasteiger partial charge in [0, 0.05) is 19.3 Å². The molecule has 74 heavy (non-hydrogen) atoms. The summed E-state index contributed by atoms with van der Waals surface area (Å²) in [5.74, 6) is -0.873. The molecule has 0 amide bonds. The van der Waals surface area contributed by atoms with E-state index in [1.165, 1.54) is 231 Å². The lowest BCUT2D eigenvalue weighted by Gasteiger charge is -2.18. The SMILES string of the molecule is CCCCC/C=C\C/C=C\CCCCCCCCCC(=O)OC(COC(=O)CCCCCCCC)COC(=O)CCCCCCCCCCCCCCCCCCCCCCC/C=C\C/C=C\CCCCCCC. The Kier molecular flexibility index (Phi) is 60.7. The van der Waals surface area contributed by atoms with Gasteiger partial charge in [0.2, 0.25) is 0 Å². The minimum absolute atomic E-state index is 0.0724. The molecule has 0 bridgehead atoms. The molecule has 0 aliphatic heterocycles. The van der Waals surface area contributed by atoms with E-state index in [0.29, 0.717) is 19.3 Å². The standard InChI is InChI=1S/C68H124O6/c1-4-7-10-13-16-18-20-22-24-26-27-28-29-30-31-32-33-34-35-36-37-38-39-40-41-43-44-46-48-50-52-55-58-61-67(70)73-64-65(63-72-66(69)60-57-54-15-12-9-6-3)74-68(71)62-59-56-53-51-49-47-45-42-25-23-21-19-17-14-11-8-5-2/h17,19-20,22-23,25-27,65H,4-16,18,21,24,28-64H2,1-3H3/b19-17-,22-20-,25-23-,27-26-. The Bertz CT molecular complexity index is 1280. The molecular weight excluding hydrogens is 913 g/mol. The zero-order chi connectivity index (χ0) is 53.6. The fourth-order valence-corrected chi connectivity index (χ4v) is 9.62. The van der Waals surface area contributed by atoms with E-state index < -0.39 is 6.10 Å². The summed E-state index contributed by atoms with van der Waals surface area (Å²) in [6.07, 6.45) is 78.9. The highest BCUT2D eigenvalue weighted by Crippen LogP contribution is 2.17. The lowest BCUT2D eigenvalue weighted by molar-refractivity contribution is -0.167. The average Bonchev–Trinajstić information content (AvgIpc) is 3.40. The smallest absolute Gasteiger partial charge is 0.306 e. The van der Waals surface area contributed by atoms with Crippen molar-refractivity contribution in [1.29, 1.82) is 0 Å². The summed E-state index contributed by atoms with van der Waals surface area (Å²) < 4.78 is 16.8. The predicted octanol–water partition coefficient (Wildman–Crippen LogP) is 22.2. The van der Waals surface area contributed by atoms with Crippen molar-refractivity contribution in [2.75, 3.05) is 13.2 Å². The molecule has 0 saturated heterocycles. The van der Waals surface area contributed by atoms with Crippen LogP contribution in [0.25, 0.3) is 0 Å². The van der Waals surface area contributed by atoms with Crippen LogP contribution in [-0.2, 0) is 28.6 Å². The summed E-state index contributed by atoms with van der Waals surface area (Å²) in [5, 5.41) is 0. The number of carbonyl (C=O) groups excluding carboxylic acids is 3. The zero-order valence-corrected chi connectivity index (χ0v) is 49.6. The lowest BCUT2D eigenvalue weighted by Crippen LogP contribution is -2.30. The summed E-state index contributed by atoms with van der Waals surface area (Å²) in [6, 6.07) is 0. The van der Waals surface area contributed by atoms with E-state index in [2.05, 4.69) is 69.4 Å². The van der Waals surface area contributed by atoms with Gasteiger partial charge in [-0.15, -0.1) is 0 Å². The predicted molar refractivity (Wildman–Crippen MR) is 321 cm³/mol. The molecule has 0 aromatic carbocycles. The summed E-state index contributed by atoms with van der Waals surface area (Å²) in [4.78, 5) is 38.0. The topological polar surface area (TPSA) is 78.9 Å². The summed E-state index contributed by atoms with van der Waals surface area (Å²) >= 11 is 0. The van der Waals surface area contributed by atoms with Crippen LogP contribution in [0.3, 0.4) is 0 Å². The quantitative estimate of drug-likeness (QED) is 0.0261. The van der Waals surface area contributed by atoms with Crippen LogP contribution in [0.5, 0.6) is 0 Å². The van der Waals surface area contributed by atoms with Crippen molar-refractivity contribution in [3.05, 3.63) is 48.6 Å². The molecule has 432 valence electrons. The summed E-state index contributed by atoms with van der Waals surface area (Å²) in [6.45, 7) is 6.58. The van der Waals surface area contributed by atoms with E-state index in [0.717, 1.165) is 77.0 Å². The average molecular weight is 1040 g/mol. The van der Waals surface area contributed by atoms with Crippen molar-refractivity contribution in [3.8, 4) is 0 Å². The maximum Gasteiger partial charge on any atom is 0.306 e. The maximum absolute atomic E-state index is 12.8. The van der Waals surface area contributed by atoms with Crippen LogP contribution in [0.1, 0.15) is 348 Å². The second-order valence-electron chi connectivity index (χ2n) is 22.0. The molecule has 0 aliphatic rings. The third-order valence-electron chi connectivity index (χ3n) is 14.6. The van der Waals surface area contributed by atoms with Crippen molar-refractivity contribution >= 4 is 17.9 Å². The number of rotatable bonds is 60. The minimum Gasteiger partial charge on any atom is -0.462 e. The van der Waals surface area contributed by atoms with Crippen LogP contribution in [0.15, 0.2) is 48.6 Å². The van der Waals surface area contributed by atoms with Gasteiger partial charge in [0.15, 0.2) is 6.10 Å². The Morgan fingerprint density at radius 1 is 0.270 bits per heavy atom. The lowest BCUT2D eigenvalue weighted by atomic mass is 10.0. The molecule has 0 rings (SSSR count). The summed E-state index contributed by atoms with van der Waals surface area (Å²) in [5.41, 5.74) is 0. The Hall–Kier alpha value is -2.63. The highest BCUT2D eigenvalue weighted by molar-refractivity contribution is 5.71. The Morgan fingerprint density at radius 3 is 0.770 bits per heavy atom. The highest BCUT2D eigenvalue weighted by Gasteiger charge is 2.19. The van der Waals surface area contributed by atoms with Gasteiger partial charge in [0.25, 0.3) is 0 Å². The second-order valence-corrected chi connectivity index (χ2v) is 22.0. The maximum atomic E-state index is 12.8. The van der Waals surface area contributed by atoms with Gasteiger partial charge in [-0.3, -0.25) is 14.4 Å². The molecule has 1 unspecified atom stereocenters. The van der Waals surface area contributed by atoms with Crippen molar-refractivity contribution in [2.24, 2.45) is 0 Å². The van der Waals surface area contributed by atoms with Gasteiger partial charge >= 0.3 is 17.9 Å². The number of unbranched alkanes of at least 4 members (excludes halogenated alkanes) is 41. The molecule has 1 atom stereocenters. The third kappa shape index (κ3) is 60.2. The van der Waals surface area contributed by atoms with Crippen molar-refractivity contribution in [2.45, 2.75) is 354 Å². The fourth-order valence-electron chi connectivity index (χ4n) is 9.62. The van der Waals surface area contributed by atoms with E-state index in [1.54, 1.807) is 0 Å². The van der Waals surface area contributed by atoms with E-state index in [-0.39, 0.29) is 31.1 Å². The van der Waals surface area contributed by atoms with E-state index in [9.17, 15) is 14.4 Å². The number of hydrogen-bond acceptors (Lipinski definition) is 6. The van der Waals surface area contributed by atoms with Crippen molar-refractivity contribution in [1.82, 2.24) is 0 Å². The largest absolute Gasteiger partial charge is 0.462 e. The van der Waals surface area contributed by atoms with Gasteiger partial charge < -0.3 is 14.2 Å². The van der Waals surface area contributed by atoms with Crippen LogP contribution in [0.4, 0.5) is 0 Å². The first kappa shape index (κ1) is 71.4. The van der Waals surface area contributed by atoms with Crippen molar-refractivity contribution < 1.29 is 28.6 Å². The molecule has 0 aromatic rings. The first-order valence-corrected chi connectivity index (χ1v) is 32.6. The molecule has 0 radical (unpaired) electrons. The molecule has 0 saturated carbocycles. The van der Waals surface area contributed by atoms with Crippen molar-refractivity contribution in [3.63, 3.8) is 0 Å². The second kappa shape index (κ2) is 62.9. The van der Waals surface area contributed by atoms with Gasteiger partial charge in [-0.2, -0.15) is 0 Å². The molecule has 0 fully saturated rings. The van der Waals surface area contributed by atoms with Gasteiger partial charge in [0.1, 0.15) is 13.2 Å². The van der Waals surface area contributed by atoms with Crippen LogP contribution < -0.4 is 0 Å². The molecule has 0 spiro atoms. The molecule has 0 N–H and O–H groups in total. The highest BCUT2D eigenvalue weighted by atomic mass is 16.6. The van der Waals surface area contributed by atoms with Crippen LogP contribution in [0, 0.1) is 0 Å². The molecule has 0 heterocycles. The zero-order valence-electron chi connectivity index (χ0n) is 49.6. The normalized spacial score (nSPS) is 12.3. The van der Waals surface area contributed by atoms with E-state index in [1.807, 2.05) is 0 Å². The number of carbonyl (C=O) groups is 3. The molecular formula is C68H124O6. The molecule has 6 nitrogen and oxygen atoms in total. The van der Waals surface area contributed by atoms with Gasteiger partial charge in [0.05, 0.1) is 0 Å². The Labute approximate surface area is 460 Å². The number of allylic oxidation sites excluding steroid dienone is 8. The van der Waals surface area contributed by atoms with Crippen LogP contribution in [-0.4, -0.2) is 37.2 Å². The summed E-state index contributed by atoms with van der Waals surface area (Å²) in [7, 11) is 0. The minimum atomic E-state index is -0.772. The van der Waals surface area contributed by atoms with Crippen LogP contribution >= 0.6 is 0 Å². The van der Waals surface area contributed by atoms with Crippen LogP contribution in [0.2, 0.25) is 0 Å². The third-order valence-corrected chi connectivity index (χ3v) is 14.6. The number of hydrogen-bond donors (Lipinski definition) is 0. The Morgan fingerprint density at radius 2 is 0.486 bits per heavy atom. The first-order valence-electron chi connectivity index (χ1n) is 32.6. The monoisotopic (exact) mass is 1040 g/mol. The molecule has 6 heteroatoms. The van der Waals surface area contributed by atoms with E-state index >= 15 is 0 Å². The molecule has 0 aromatic heterocycles. The van der Waals surface area contributed by atoms with Gasteiger partial charge in [-0.1, -0.05) is 294 Å². The Balaban J connectivity index is 3.94. The van der Waals surface area contributed by atoms with Gasteiger partial charge in [-0.25, -0.2) is 0 Å². The van der Waals surface area contributed by atoms with Gasteiger partial charge in [-0.05, 0) is 83.5 Å². The first-order chi connectivity index (χ1) is 36.5. The molecule has 0 aliphatic carbocycles. The number of ether oxygens (including phenoxy) is 3. The van der Waals surface area contributed by atoms with E-state index in [4.69, 9.17) is 14.2 Å². The fraction of sp³-hybridized carbons (Fsp3) is 0.838.